The lowest BCUT2D eigenvalue weighted by Crippen LogP contribution is -2.12. The van der Waals surface area contributed by atoms with Crippen LogP contribution < -0.4 is 18.9 Å². The van der Waals surface area contributed by atoms with E-state index in [9.17, 15) is 20.4 Å². The summed E-state index contributed by atoms with van der Waals surface area (Å²) in [6.07, 6.45) is 24.1. The van der Waals surface area contributed by atoms with Gasteiger partial charge in [0.2, 0.25) is 0 Å². The molecule has 376 valence electrons. The predicted octanol–water partition coefficient (Wildman–Crippen LogP) is 13.7. The first-order valence-electron chi connectivity index (χ1n) is 26.9. The molecular formula is C60H88O8. The summed E-state index contributed by atoms with van der Waals surface area (Å²) < 4.78 is 27.8. The van der Waals surface area contributed by atoms with Gasteiger partial charge in [0.25, 0.3) is 0 Å². The van der Waals surface area contributed by atoms with Crippen molar-refractivity contribution in [2.75, 3.05) is 26.4 Å². The molecule has 4 aromatic rings. The third-order valence-corrected chi connectivity index (χ3v) is 13.4. The molecule has 0 heterocycles. The molecule has 8 bridgehead atoms. The second-order valence-electron chi connectivity index (χ2n) is 19.4. The molecule has 0 atom stereocenters. The Kier molecular flexibility index (Phi) is 25.2. The molecule has 0 aromatic heterocycles. The Morgan fingerprint density at radius 2 is 0.456 bits per heavy atom. The molecule has 0 aliphatic heterocycles. The van der Waals surface area contributed by atoms with E-state index in [1.807, 2.05) is 0 Å². The van der Waals surface area contributed by atoms with E-state index in [-0.39, 0.29) is 26.4 Å². The fourth-order valence-corrected chi connectivity index (χ4v) is 9.80. The first kappa shape index (κ1) is 54.9. The summed E-state index contributed by atoms with van der Waals surface area (Å²) >= 11 is 0. The zero-order chi connectivity index (χ0) is 48.4. The summed E-state index contributed by atoms with van der Waals surface area (Å²) in [7, 11) is 0. The number of hydrogen-bond acceptors (Lipinski definition) is 8. The maximum absolute atomic E-state index is 10.9. The van der Waals surface area contributed by atoms with Crippen LogP contribution >= 0.6 is 0 Å². The smallest absolute Gasteiger partial charge is 0.126 e. The largest absolute Gasteiger partial charge is 0.493 e. The van der Waals surface area contributed by atoms with Gasteiger partial charge >= 0.3 is 0 Å². The molecule has 0 radical (unpaired) electrons. The predicted molar refractivity (Wildman–Crippen MR) is 278 cm³/mol. The van der Waals surface area contributed by atoms with Crippen molar-refractivity contribution < 1.29 is 39.4 Å². The Morgan fingerprint density at radius 1 is 0.279 bits per heavy atom. The fraction of sp³-hybridized carbons (Fsp3) is 0.600. The first-order valence-corrected chi connectivity index (χ1v) is 26.9. The molecule has 0 spiro atoms. The summed E-state index contributed by atoms with van der Waals surface area (Å²) in [5.74, 6) is 3.22. The number of aliphatic hydroxyl groups excluding tert-OH is 4. The Labute approximate surface area is 410 Å². The van der Waals surface area contributed by atoms with Gasteiger partial charge in [-0.15, -0.1) is 0 Å². The van der Waals surface area contributed by atoms with Crippen LogP contribution in [0.4, 0.5) is 0 Å². The van der Waals surface area contributed by atoms with Crippen LogP contribution in [0.3, 0.4) is 0 Å². The number of ether oxygens (including phenoxy) is 4. The lowest BCUT2D eigenvalue weighted by atomic mass is 9.88. The molecule has 8 nitrogen and oxygen atoms in total. The molecular weight excluding hydrogens is 849 g/mol. The summed E-state index contributed by atoms with van der Waals surface area (Å²) in [4.78, 5) is 0. The van der Waals surface area contributed by atoms with Crippen molar-refractivity contribution in [3.8, 4) is 23.0 Å². The lowest BCUT2D eigenvalue weighted by Gasteiger charge is -2.25. The van der Waals surface area contributed by atoms with Crippen molar-refractivity contribution in [2.24, 2.45) is 0 Å². The number of fused-ring (bicyclic) bond motifs is 8. The Bertz CT molecular complexity index is 1690. The van der Waals surface area contributed by atoms with Crippen LogP contribution in [0.1, 0.15) is 223 Å². The van der Waals surface area contributed by atoms with E-state index < -0.39 is 0 Å². The number of hydrogen-bond donors (Lipinski definition) is 4. The summed E-state index contributed by atoms with van der Waals surface area (Å²) in [6, 6.07) is 16.6. The molecule has 0 saturated heterocycles. The van der Waals surface area contributed by atoms with Crippen LogP contribution in [-0.2, 0) is 52.1 Å². The number of unbranched alkanes of at least 4 members (excludes halogenated alkanes) is 16. The van der Waals surface area contributed by atoms with Gasteiger partial charge in [-0.1, -0.05) is 130 Å². The van der Waals surface area contributed by atoms with E-state index >= 15 is 0 Å². The van der Waals surface area contributed by atoms with Crippen LogP contribution in [0.25, 0.3) is 0 Å². The molecule has 68 heavy (non-hydrogen) atoms. The molecule has 0 unspecified atom stereocenters. The number of aliphatic hydroxyl groups is 4. The molecule has 1 aliphatic rings. The molecule has 4 N–H and O–H groups in total. The first-order chi connectivity index (χ1) is 33.4. The van der Waals surface area contributed by atoms with Gasteiger partial charge in [-0.25, -0.2) is 0 Å². The van der Waals surface area contributed by atoms with Crippen LogP contribution in [0.15, 0.2) is 48.5 Å². The molecule has 8 heteroatoms. The third-order valence-electron chi connectivity index (χ3n) is 13.4. The fourth-order valence-electron chi connectivity index (χ4n) is 9.80. The molecule has 0 saturated carbocycles. The molecule has 4 aromatic carbocycles. The van der Waals surface area contributed by atoms with Gasteiger partial charge in [-0.2, -0.15) is 0 Å². The maximum Gasteiger partial charge on any atom is 0.126 e. The van der Waals surface area contributed by atoms with E-state index in [1.165, 1.54) is 77.0 Å². The zero-order valence-electron chi connectivity index (χ0n) is 42.7. The highest BCUT2D eigenvalue weighted by atomic mass is 16.5. The second kappa shape index (κ2) is 31.2. The van der Waals surface area contributed by atoms with Crippen LogP contribution in [0, 0.1) is 0 Å². The minimum atomic E-state index is -0.132. The van der Waals surface area contributed by atoms with Gasteiger partial charge in [-0.3, -0.25) is 0 Å². The standard InChI is InChI=1S/C60H88O8/c1-5-9-13-17-21-25-65-57-49-29-45(41-61)30-50(57)38-52-32-47(43-63)34-54(59(52)67-27-23-19-15-11-7-3)40-56-36-48(44-64)35-55(60(56)68-28-24-20-16-12-8-4)39-53-33-46(42-62)31-51(37-49)58(53)66-26-22-18-14-10-6-2/h29-36,61-64H,5-28,37-44H2,1-4H3. The van der Waals surface area contributed by atoms with Crippen molar-refractivity contribution in [1.82, 2.24) is 0 Å². The van der Waals surface area contributed by atoms with Crippen LogP contribution in [0.5, 0.6) is 23.0 Å². The summed E-state index contributed by atoms with van der Waals surface area (Å²) in [5.41, 5.74) is 10.8. The van der Waals surface area contributed by atoms with Crippen molar-refractivity contribution in [1.29, 1.82) is 0 Å². The van der Waals surface area contributed by atoms with Gasteiger partial charge in [0.1, 0.15) is 23.0 Å². The number of rotatable bonds is 32. The highest BCUT2D eigenvalue weighted by Gasteiger charge is 2.25. The van der Waals surface area contributed by atoms with Gasteiger partial charge in [0.05, 0.1) is 52.9 Å². The van der Waals surface area contributed by atoms with Gasteiger partial charge in [0, 0.05) is 25.7 Å². The maximum atomic E-state index is 10.9. The topological polar surface area (TPSA) is 118 Å². The Morgan fingerprint density at radius 3 is 0.618 bits per heavy atom. The van der Waals surface area contributed by atoms with E-state index in [0.29, 0.717) is 52.1 Å². The van der Waals surface area contributed by atoms with Gasteiger partial charge in [-0.05, 0) is 141 Å². The SMILES string of the molecule is CCCCCCCOc1c2cc(CO)cc1Cc1cc(CO)cc(c1OCCCCCCC)Cc1cc(CO)cc(c1OCCCCCCC)Cc1cc(CO)cc(c1OCCCCCCC)C2. The summed E-state index contributed by atoms with van der Waals surface area (Å²) in [5, 5.41) is 43.5. The van der Waals surface area contributed by atoms with Gasteiger partial charge < -0.3 is 39.4 Å². The van der Waals surface area contributed by atoms with Crippen molar-refractivity contribution in [3.63, 3.8) is 0 Å². The van der Waals surface area contributed by atoms with Gasteiger partial charge in [0.15, 0.2) is 0 Å². The van der Waals surface area contributed by atoms with E-state index in [0.717, 1.165) is 141 Å². The minimum Gasteiger partial charge on any atom is -0.493 e. The molecule has 0 fully saturated rings. The molecule has 0 amide bonds. The minimum absolute atomic E-state index is 0.132. The number of benzene rings is 4. The Hall–Kier alpha value is -4.08. The van der Waals surface area contributed by atoms with E-state index in [2.05, 4.69) is 76.2 Å². The van der Waals surface area contributed by atoms with Crippen molar-refractivity contribution in [2.45, 2.75) is 208 Å². The summed E-state index contributed by atoms with van der Waals surface area (Å²) in [6.45, 7) is 10.7. The Balaban J connectivity index is 1.77. The van der Waals surface area contributed by atoms with E-state index in [4.69, 9.17) is 18.9 Å². The lowest BCUT2D eigenvalue weighted by molar-refractivity contribution is 0.278. The van der Waals surface area contributed by atoms with Crippen LogP contribution in [-0.4, -0.2) is 46.9 Å². The quantitative estimate of drug-likeness (QED) is 0.0315. The molecule has 1 aliphatic carbocycles. The zero-order valence-corrected chi connectivity index (χ0v) is 42.7. The second-order valence-corrected chi connectivity index (χ2v) is 19.4. The third kappa shape index (κ3) is 17.1. The van der Waals surface area contributed by atoms with E-state index in [1.54, 1.807) is 0 Å². The van der Waals surface area contributed by atoms with Crippen LogP contribution in [0.2, 0.25) is 0 Å². The highest BCUT2D eigenvalue weighted by molar-refractivity contribution is 5.58. The van der Waals surface area contributed by atoms with Crippen molar-refractivity contribution >= 4 is 0 Å². The average molecular weight is 937 g/mol. The molecule has 5 rings (SSSR count). The monoisotopic (exact) mass is 937 g/mol. The average Bonchev–Trinajstić information content (AvgIpc) is 3.34. The highest BCUT2D eigenvalue weighted by Crippen LogP contribution is 2.41. The normalized spacial score (nSPS) is 12.4. The van der Waals surface area contributed by atoms with Crippen molar-refractivity contribution in [3.05, 3.63) is 115 Å².